The molecule has 0 amide bonds. The van der Waals surface area contributed by atoms with E-state index in [0.29, 0.717) is 0 Å². The van der Waals surface area contributed by atoms with Crippen molar-refractivity contribution in [1.82, 2.24) is 4.90 Å². The van der Waals surface area contributed by atoms with E-state index in [-0.39, 0.29) is 18.1 Å². The Morgan fingerprint density at radius 2 is 2.05 bits per heavy atom. The monoisotopic (exact) mass is 277 g/mol. The summed E-state index contributed by atoms with van der Waals surface area (Å²) in [6.07, 6.45) is 0.918. The molecule has 1 aromatic rings. The van der Waals surface area contributed by atoms with Crippen LogP contribution in [0.3, 0.4) is 0 Å². The Balaban J connectivity index is 1.95. The van der Waals surface area contributed by atoms with Crippen molar-refractivity contribution in [3.8, 4) is 5.75 Å². The predicted octanol–water partition coefficient (Wildman–Crippen LogP) is 2.77. The van der Waals surface area contributed by atoms with E-state index in [2.05, 4.69) is 17.0 Å². The number of rotatable bonds is 5. The topological polar surface area (TPSA) is 49.8 Å². The minimum atomic E-state index is -0.680. The minimum Gasteiger partial charge on any atom is -0.491 e. The third kappa shape index (κ3) is 3.51. The average Bonchev–Trinajstić information content (AvgIpc) is 2.73. The summed E-state index contributed by atoms with van der Waals surface area (Å²) >= 11 is 0. The fourth-order valence-corrected chi connectivity index (χ4v) is 2.74. The number of nitrogens with zero attached hydrogens (tertiary/aromatic N) is 1. The number of benzene rings is 1. The normalized spacial score (nSPS) is 23.2. The van der Waals surface area contributed by atoms with Crippen LogP contribution in [0.5, 0.6) is 5.75 Å². The summed E-state index contributed by atoms with van der Waals surface area (Å²) in [5.41, 5.74) is 1.19. The van der Waals surface area contributed by atoms with Gasteiger partial charge in [0, 0.05) is 12.6 Å². The second kappa shape index (κ2) is 6.27. The number of aliphatic carboxylic acids is 1. The van der Waals surface area contributed by atoms with Crippen LogP contribution in [0.1, 0.15) is 32.8 Å². The second-order valence-electron chi connectivity index (χ2n) is 5.76. The lowest BCUT2D eigenvalue weighted by Gasteiger charge is -2.23. The van der Waals surface area contributed by atoms with Crippen LogP contribution < -0.4 is 4.74 Å². The van der Waals surface area contributed by atoms with Crippen molar-refractivity contribution in [1.29, 1.82) is 0 Å². The molecule has 1 heterocycles. The summed E-state index contributed by atoms with van der Waals surface area (Å²) in [5, 5.41) is 9.14. The van der Waals surface area contributed by atoms with Gasteiger partial charge in [-0.3, -0.25) is 9.69 Å². The van der Waals surface area contributed by atoms with Crippen LogP contribution in [-0.4, -0.2) is 34.7 Å². The molecule has 0 bridgehead atoms. The molecule has 4 heteroatoms. The van der Waals surface area contributed by atoms with Crippen LogP contribution in [-0.2, 0) is 11.3 Å². The summed E-state index contributed by atoms with van der Waals surface area (Å²) in [4.78, 5) is 13.3. The first-order valence-electron chi connectivity index (χ1n) is 7.20. The molecule has 20 heavy (non-hydrogen) atoms. The molecule has 0 aliphatic carbocycles. The molecule has 2 rings (SSSR count). The molecule has 1 aliphatic rings. The van der Waals surface area contributed by atoms with Gasteiger partial charge in [0.15, 0.2) is 0 Å². The molecular weight excluding hydrogens is 254 g/mol. The van der Waals surface area contributed by atoms with E-state index in [1.807, 2.05) is 32.9 Å². The van der Waals surface area contributed by atoms with E-state index in [1.54, 1.807) is 0 Å². The van der Waals surface area contributed by atoms with Crippen LogP contribution in [0, 0.1) is 5.92 Å². The second-order valence-corrected chi connectivity index (χ2v) is 5.76. The van der Waals surface area contributed by atoms with Gasteiger partial charge in [0.1, 0.15) is 5.75 Å². The molecule has 4 nitrogen and oxygen atoms in total. The SMILES string of the molecule is CC(C)Oc1ccc(CN2CCC(C(=O)O)C2C)cc1. The Morgan fingerprint density at radius 1 is 1.40 bits per heavy atom. The zero-order valence-corrected chi connectivity index (χ0v) is 12.4. The number of carbonyl (C=O) groups is 1. The Bertz CT molecular complexity index is 455. The largest absolute Gasteiger partial charge is 0.491 e. The summed E-state index contributed by atoms with van der Waals surface area (Å²) < 4.78 is 5.62. The van der Waals surface area contributed by atoms with Crippen LogP contribution in [0.15, 0.2) is 24.3 Å². The van der Waals surface area contributed by atoms with Crippen LogP contribution in [0.4, 0.5) is 0 Å². The van der Waals surface area contributed by atoms with Gasteiger partial charge >= 0.3 is 5.97 Å². The molecule has 0 aromatic heterocycles. The molecule has 1 N–H and O–H groups in total. The van der Waals surface area contributed by atoms with Gasteiger partial charge in [-0.05, 0) is 51.4 Å². The van der Waals surface area contributed by atoms with Gasteiger partial charge in [0.25, 0.3) is 0 Å². The molecule has 1 fully saturated rings. The molecule has 2 atom stereocenters. The Hall–Kier alpha value is -1.55. The average molecular weight is 277 g/mol. The fourth-order valence-electron chi connectivity index (χ4n) is 2.74. The van der Waals surface area contributed by atoms with Gasteiger partial charge in [-0.25, -0.2) is 0 Å². The van der Waals surface area contributed by atoms with Crippen molar-refractivity contribution in [2.24, 2.45) is 5.92 Å². The minimum absolute atomic E-state index is 0.0964. The van der Waals surface area contributed by atoms with Crippen LogP contribution in [0.2, 0.25) is 0 Å². The highest BCUT2D eigenvalue weighted by Gasteiger charge is 2.35. The highest BCUT2D eigenvalue weighted by Crippen LogP contribution is 2.26. The van der Waals surface area contributed by atoms with E-state index in [1.165, 1.54) is 5.56 Å². The fraction of sp³-hybridized carbons (Fsp3) is 0.562. The van der Waals surface area contributed by atoms with E-state index >= 15 is 0 Å². The lowest BCUT2D eigenvalue weighted by Crippen LogP contribution is -2.32. The van der Waals surface area contributed by atoms with E-state index in [0.717, 1.165) is 25.3 Å². The molecule has 1 aromatic carbocycles. The Morgan fingerprint density at radius 3 is 2.55 bits per heavy atom. The molecule has 1 aliphatic heterocycles. The third-order valence-electron chi connectivity index (χ3n) is 3.88. The number of hydrogen-bond acceptors (Lipinski definition) is 3. The lowest BCUT2D eigenvalue weighted by molar-refractivity contribution is -0.142. The van der Waals surface area contributed by atoms with Crippen molar-refractivity contribution in [3.63, 3.8) is 0 Å². The maximum atomic E-state index is 11.1. The van der Waals surface area contributed by atoms with Gasteiger partial charge in [0.2, 0.25) is 0 Å². The zero-order chi connectivity index (χ0) is 14.7. The number of likely N-dealkylation sites (tertiary alicyclic amines) is 1. The van der Waals surface area contributed by atoms with Crippen molar-refractivity contribution >= 4 is 5.97 Å². The lowest BCUT2D eigenvalue weighted by atomic mass is 10.0. The summed E-state index contributed by atoms with van der Waals surface area (Å²) in [7, 11) is 0. The molecule has 0 spiro atoms. The van der Waals surface area contributed by atoms with Crippen molar-refractivity contribution in [2.75, 3.05) is 6.54 Å². The van der Waals surface area contributed by atoms with Crippen LogP contribution >= 0.6 is 0 Å². The van der Waals surface area contributed by atoms with Gasteiger partial charge in [-0.1, -0.05) is 12.1 Å². The molecule has 2 unspecified atom stereocenters. The summed E-state index contributed by atoms with van der Waals surface area (Å²) in [6, 6.07) is 8.16. The molecule has 0 saturated carbocycles. The predicted molar refractivity (Wildman–Crippen MR) is 77.8 cm³/mol. The number of carboxylic acids is 1. The van der Waals surface area contributed by atoms with E-state index in [4.69, 9.17) is 9.84 Å². The van der Waals surface area contributed by atoms with Crippen LogP contribution in [0.25, 0.3) is 0 Å². The molecule has 110 valence electrons. The van der Waals surface area contributed by atoms with Crippen molar-refractivity contribution in [2.45, 2.75) is 45.9 Å². The first-order chi connectivity index (χ1) is 9.47. The zero-order valence-electron chi connectivity index (χ0n) is 12.4. The molecular formula is C16H23NO3. The van der Waals surface area contributed by atoms with Crippen molar-refractivity contribution < 1.29 is 14.6 Å². The number of hydrogen-bond donors (Lipinski definition) is 1. The number of ether oxygens (including phenoxy) is 1. The van der Waals surface area contributed by atoms with Gasteiger partial charge in [-0.15, -0.1) is 0 Å². The first kappa shape index (κ1) is 14.9. The maximum absolute atomic E-state index is 11.1. The van der Waals surface area contributed by atoms with Crippen molar-refractivity contribution in [3.05, 3.63) is 29.8 Å². The molecule has 0 radical (unpaired) electrons. The third-order valence-corrected chi connectivity index (χ3v) is 3.88. The number of carboxylic acid groups (broad SMARTS) is 1. The van der Waals surface area contributed by atoms with E-state index < -0.39 is 5.97 Å². The highest BCUT2D eigenvalue weighted by molar-refractivity contribution is 5.71. The summed E-state index contributed by atoms with van der Waals surface area (Å²) in [5.74, 6) is -0.0409. The quantitative estimate of drug-likeness (QED) is 0.899. The van der Waals surface area contributed by atoms with Gasteiger partial charge < -0.3 is 9.84 Å². The van der Waals surface area contributed by atoms with Gasteiger partial charge in [0.05, 0.1) is 12.0 Å². The Labute approximate surface area is 120 Å². The molecule has 1 saturated heterocycles. The first-order valence-corrected chi connectivity index (χ1v) is 7.20. The smallest absolute Gasteiger partial charge is 0.308 e. The Kier molecular flexibility index (Phi) is 4.65. The standard InChI is InChI=1S/C16H23NO3/c1-11(2)20-14-6-4-13(5-7-14)10-17-9-8-15(12(17)3)16(18)19/h4-7,11-12,15H,8-10H2,1-3H3,(H,18,19). The van der Waals surface area contributed by atoms with E-state index in [9.17, 15) is 4.79 Å². The maximum Gasteiger partial charge on any atom is 0.308 e. The highest BCUT2D eigenvalue weighted by atomic mass is 16.5. The van der Waals surface area contributed by atoms with Gasteiger partial charge in [-0.2, -0.15) is 0 Å². The summed E-state index contributed by atoms with van der Waals surface area (Å²) in [6.45, 7) is 7.66.